The van der Waals surface area contributed by atoms with Gasteiger partial charge in [-0.25, -0.2) is 0 Å². The summed E-state index contributed by atoms with van der Waals surface area (Å²) in [5, 5.41) is 13.2. The van der Waals surface area contributed by atoms with E-state index in [0.29, 0.717) is 17.8 Å². The molecule has 0 aliphatic heterocycles. The first-order valence-electron chi connectivity index (χ1n) is 7.26. The first-order chi connectivity index (χ1) is 11.5. The van der Waals surface area contributed by atoms with Gasteiger partial charge in [0.15, 0.2) is 0 Å². The number of aliphatic hydroxyl groups is 1. The van der Waals surface area contributed by atoms with Gasteiger partial charge in [0.05, 0.1) is 30.1 Å². The molecule has 0 saturated heterocycles. The van der Waals surface area contributed by atoms with Gasteiger partial charge in [0.25, 0.3) is 0 Å². The van der Waals surface area contributed by atoms with Crippen LogP contribution in [-0.4, -0.2) is 26.5 Å². The van der Waals surface area contributed by atoms with Gasteiger partial charge in [-0.15, -0.1) is 0 Å². The van der Waals surface area contributed by atoms with E-state index in [9.17, 15) is 13.2 Å². The van der Waals surface area contributed by atoms with Crippen LogP contribution in [0.1, 0.15) is 5.56 Å². The number of nitrogens with zero attached hydrogens (tertiary/aromatic N) is 3. The molecule has 0 aliphatic rings. The molecule has 0 saturated carbocycles. The molecule has 1 aromatic carbocycles. The Morgan fingerprint density at radius 2 is 1.75 bits per heavy atom. The minimum absolute atomic E-state index is 0.0185. The van der Waals surface area contributed by atoms with Crippen molar-refractivity contribution in [3.05, 3.63) is 60.4 Å². The van der Waals surface area contributed by atoms with E-state index >= 15 is 0 Å². The second-order valence-corrected chi connectivity index (χ2v) is 5.20. The van der Waals surface area contributed by atoms with Crippen LogP contribution in [0, 0.1) is 0 Å². The summed E-state index contributed by atoms with van der Waals surface area (Å²) in [6.07, 6.45) is -1.51. The molecule has 0 amide bonds. The summed E-state index contributed by atoms with van der Waals surface area (Å²) in [4.78, 5) is 4.03. The second-order valence-electron chi connectivity index (χ2n) is 5.20. The molecule has 0 aliphatic carbocycles. The highest BCUT2D eigenvalue weighted by Crippen LogP contribution is 2.32. The lowest BCUT2D eigenvalue weighted by Gasteiger charge is -2.08. The molecular weight excluding hydrogens is 319 g/mol. The topological polar surface area (TPSA) is 50.9 Å². The number of aromatic nitrogens is 3. The van der Waals surface area contributed by atoms with Gasteiger partial charge < -0.3 is 5.11 Å². The molecule has 0 spiro atoms. The average molecular weight is 333 g/mol. The van der Waals surface area contributed by atoms with E-state index in [1.165, 1.54) is 0 Å². The summed E-state index contributed by atoms with van der Waals surface area (Å²) in [5.41, 5.74) is 1.54. The lowest BCUT2D eigenvalue weighted by molar-refractivity contribution is -0.137. The van der Waals surface area contributed by atoms with Crippen LogP contribution < -0.4 is 0 Å². The van der Waals surface area contributed by atoms with Crippen molar-refractivity contribution in [2.75, 3.05) is 6.61 Å². The third-order valence-electron chi connectivity index (χ3n) is 3.51. The van der Waals surface area contributed by atoms with E-state index in [-0.39, 0.29) is 12.3 Å². The number of benzene rings is 1. The minimum atomic E-state index is -4.40. The van der Waals surface area contributed by atoms with Gasteiger partial charge in [0.2, 0.25) is 0 Å². The second kappa shape index (κ2) is 6.45. The summed E-state index contributed by atoms with van der Waals surface area (Å²) in [6, 6.07) is 10.8. The molecule has 1 N–H and O–H groups in total. The van der Waals surface area contributed by atoms with Crippen LogP contribution in [0.5, 0.6) is 0 Å². The van der Waals surface area contributed by atoms with Crippen LogP contribution in [0.4, 0.5) is 13.2 Å². The van der Waals surface area contributed by atoms with Gasteiger partial charge in [-0.3, -0.25) is 9.67 Å². The molecular formula is C17H14F3N3O. The third kappa shape index (κ3) is 3.46. The molecule has 0 fully saturated rings. The Morgan fingerprint density at radius 1 is 1.00 bits per heavy atom. The Kier molecular flexibility index (Phi) is 4.35. The number of alkyl halides is 3. The summed E-state index contributed by atoms with van der Waals surface area (Å²) < 4.78 is 40.1. The molecule has 4 nitrogen and oxygen atoms in total. The molecule has 7 heteroatoms. The maximum absolute atomic E-state index is 12.8. The maximum atomic E-state index is 12.8. The van der Waals surface area contributed by atoms with Crippen LogP contribution in [0.3, 0.4) is 0 Å². The molecule has 0 unspecified atom stereocenters. The smallest absolute Gasteiger partial charge is 0.394 e. The summed E-state index contributed by atoms with van der Waals surface area (Å²) >= 11 is 0. The van der Waals surface area contributed by atoms with Crippen LogP contribution in [-0.2, 0) is 12.7 Å². The number of halogens is 3. The molecule has 3 aromatic rings. The minimum Gasteiger partial charge on any atom is -0.394 e. The first-order valence-corrected chi connectivity index (χ1v) is 7.26. The van der Waals surface area contributed by atoms with Gasteiger partial charge in [-0.2, -0.15) is 18.3 Å². The SMILES string of the molecule is OCCn1ccc(-c2cccc(-c3cc(C(F)(F)F)ccn3)c2)n1. The zero-order valence-electron chi connectivity index (χ0n) is 12.5. The lowest BCUT2D eigenvalue weighted by atomic mass is 10.0. The molecule has 2 aromatic heterocycles. The number of rotatable bonds is 4. The van der Waals surface area contributed by atoms with E-state index in [1.807, 2.05) is 6.07 Å². The van der Waals surface area contributed by atoms with Crippen LogP contribution in [0.15, 0.2) is 54.9 Å². The Labute approximate surface area is 136 Å². The van der Waals surface area contributed by atoms with Gasteiger partial charge in [0, 0.05) is 23.5 Å². The number of hydrogen-bond donors (Lipinski definition) is 1. The van der Waals surface area contributed by atoms with E-state index < -0.39 is 11.7 Å². The van der Waals surface area contributed by atoms with Crippen molar-refractivity contribution in [3.8, 4) is 22.5 Å². The zero-order chi connectivity index (χ0) is 17.2. The number of aliphatic hydroxyl groups excluding tert-OH is 1. The highest BCUT2D eigenvalue weighted by atomic mass is 19.4. The Balaban J connectivity index is 1.96. The largest absolute Gasteiger partial charge is 0.416 e. The fraction of sp³-hybridized carbons (Fsp3) is 0.176. The fourth-order valence-electron chi connectivity index (χ4n) is 2.35. The third-order valence-corrected chi connectivity index (χ3v) is 3.51. The van der Waals surface area contributed by atoms with Crippen molar-refractivity contribution in [1.82, 2.24) is 14.8 Å². The lowest BCUT2D eigenvalue weighted by Crippen LogP contribution is -2.05. The Hall–Kier alpha value is -2.67. The van der Waals surface area contributed by atoms with Crippen molar-refractivity contribution >= 4 is 0 Å². The van der Waals surface area contributed by atoms with Gasteiger partial charge in [-0.05, 0) is 24.3 Å². The summed E-state index contributed by atoms with van der Waals surface area (Å²) in [6.45, 7) is 0.365. The van der Waals surface area contributed by atoms with Crippen molar-refractivity contribution < 1.29 is 18.3 Å². The van der Waals surface area contributed by atoms with Crippen molar-refractivity contribution in [3.63, 3.8) is 0 Å². The molecule has 24 heavy (non-hydrogen) atoms. The molecule has 0 radical (unpaired) electrons. The van der Waals surface area contributed by atoms with E-state index in [0.717, 1.165) is 23.9 Å². The highest BCUT2D eigenvalue weighted by Gasteiger charge is 2.30. The molecule has 3 rings (SSSR count). The quantitative estimate of drug-likeness (QED) is 0.793. The van der Waals surface area contributed by atoms with E-state index in [4.69, 9.17) is 5.11 Å². The van der Waals surface area contributed by atoms with Crippen LogP contribution in [0.2, 0.25) is 0 Å². The van der Waals surface area contributed by atoms with Crippen molar-refractivity contribution in [1.29, 1.82) is 0 Å². The van der Waals surface area contributed by atoms with E-state index in [2.05, 4.69) is 10.1 Å². The standard InChI is InChI=1S/C17H14F3N3O/c18-17(19,20)14-4-6-21-16(11-14)13-3-1-2-12(10-13)15-5-7-23(22-15)8-9-24/h1-7,10-11,24H,8-9H2. The monoisotopic (exact) mass is 333 g/mol. The number of hydrogen-bond acceptors (Lipinski definition) is 3. The zero-order valence-corrected chi connectivity index (χ0v) is 12.5. The number of pyridine rings is 1. The highest BCUT2D eigenvalue weighted by molar-refractivity contribution is 5.69. The summed E-state index contributed by atoms with van der Waals surface area (Å²) in [7, 11) is 0. The molecule has 2 heterocycles. The van der Waals surface area contributed by atoms with Gasteiger partial charge in [-0.1, -0.05) is 18.2 Å². The van der Waals surface area contributed by atoms with Crippen LogP contribution >= 0.6 is 0 Å². The van der Waals surface area contributed by atoms with Gasteiger partial charge >= 0.3 is 6.18 Å². The van der Waals surface area contributed by atoms with Gasteiger partial charge in [0.1, 0.15) is 0 Å². The summed E-state index contributed by atoms with van der Waals surface area (Å²) in [5.74, 6) is 0. The fourth-order valence-corrected chi connectivity index (χ4v) is 2.35. The molecule has 124 valence electrons. The normalized spacial score (nSPS) is 11.7. The Morgan fingerprint density at radius 3 is 2.46 bits per heavy atom. The molecule has 0 bridgehead atoms. The average Bonchev–Trinajstić information content (AvgIpc) is 3.03. The first kappa shape index (κ1) is 16.2. The Bertz CT molecular complexity index is 843. The predicted octanol–water partition coefficient (Wildman–Crippen LogP) is 3.62. The van der Waals surface area contributed by atoms with Crippen LogP contribution in [0.25, 0.3) is 22.5 Å². The molecule has 0 atom stereocenters. The van der Waals surface area contributed by atoms with Crippen molar-refractivity contribution in [2.45, 2.75) is 12.7 Å². The van der Waals surface area contributed by atoms with Crippen molar-refractivity contribution in [2.24, 2.45) is 0 Å². The maximum Gasteiger partial charge on any atom is 0.416 e. The predicted molar refractivity (Wildman–Crippen MR) is 83.0 cm³/mol. The van der Waals surface area contributed by atoms with E-state index in [1.54, 1.807) is 35.1 Å².